The van der Waals surface area contributed by atoms with E-state index in [-0.39, 0.29) is 11.9 Å². The minimum absolute atomic E-state index is 0.135. The van der Waals surface area contributed by atoms with E-state index in [0.29, 0.717) is 18.4 Å². The average Bonchev–Trinajstić information content (AvgIpc) is 2.87. The molecule has 3 nitrogen and oxygen atoms in total. The summed E-state index contributed by atoms with van der Waals surface area (Å²) in [6, 6.07) is 4.84. The Morgan fingerprint density at radius 3 is 2.63 bits per heavy atom. The molecule has 2 N–H and O–H groups in total. The molecule has 0 aliphatic heterocycles. The molecule has 1 rings (SSSR count). The van der Waals surface area contributed by atoms with Crippen molar-refractivity contribution in [2.24, 2.45) is 5.92 Å². The molecule has 0 aliphatic carbocycles. The third-order valence-electron chi connectivity index (χ3n) is 3.25. The van der Waals surface area contributed by atoms with E-state index in [1.54, 1.807) is 11.3 Å². The van der Waals surface area contributed by atoms with Crippen molar-refractivity contribution in [1.82, 2.24) is 10.6 Å². The zero-order valence-electron chi connectivity index (χ0n) is 12.4. The number of carbonyl (C=O) groups is 1. The summed E-state index contributed by atoms with van der Waals surface area (Å²) in [5.41, 5.74) is 0. The largest absolute Gasteiger partial charge is 0.354 e. The van der Waals surface area contributed by atoms with Crippen molar-refractivity contribution in [1.29, 1.82) is 0 Å². The van der Waals surface area contributed by atoms with Crippen LogP contribution >= 0.6 is 11.3 Å². The smallest absolute Gasteiger partial charge is 0.221 e. The predicted molar refractivity (Wildman–Crippen MR) is 82.4 cm³/mol. The van der Waals surface area contributed by atoms with Crippen molar-refractivity contribution in [3.05, 3.63) is 22.4 Å². The molecule has 4 heteroatoms. The Morgan fingerprint density at radius 1 is 1.37 bits per heavy atom. The molecule has 0 fully saturated rings. The number of nitrogens with one attached hydrogen (secondary N) is 2. The van der Waals surface area contributed by atoms with Crippen LogP contribution in [0.3, 0.4) is 0 Å². The van der Waals surface area contributed by atoms with Crippen molar-refractivity contribution < 1.29 is 4.79 Å². The fourth-order valence-corrected chi connectivity index (χ4v) is 2.90. The summed E-state index contributed by atoms with van der Waals surface area (Å²) in [6.07, 6.45) is 1.52. The Kier molecular flexibility index (Phi) is 7.10. The molecular weight excluding hydrogens is 256 g/mol. The van der Waals surface area contributed by atoms with Gasteiger partial charge in [-0.1, -0.05) is 26.8 Å². The Balaban J connectivity index is 2.35. The monoisotopic (exact) mass is 282 g/mol. The highest BCUT2D eigenvalue weighted by Gasteiger charge is 2.16. The molecule has 1 amide bonds. The summed E-state index contributed by atoms with van der Waals surface area (Å²) in [4.78, 5) is 13.0. The van der Waals surface area contributed by atoms with Crippen LogP contribution in [0.25, 0.3) is 0 Å². The molecule has 0 saturated heterocycles. The highest BCUT2D eigenvalue weighted by molar-refractivity contribution is 7.10. The molecule has 19 heavy (non-hydrogen) atoms. The van der Waals surface area contributed by atoms with E-state index in [9.17, 15) is 4.79 Å². The third kappa shape index (κ3) is 5.74. The molecule has 0 spiro atoms. The first-order chi connectivity index (χ1) is 9.04. The van der Waals surface area contributed by atoms with Gasteiger partial charge in [-0.05, 0) is 30.7 Å². The fraction of sp³-hybridized carbons (Fsp3) is 0.667. The van der Waals surface area contributed by atoms with Gasteiger partial charge in [0.1, 0.15) is 0 Å². The van der Waals surface area contributed by atoms with Gasteiger partial charge in [-0.3, -0.25) is 4.79 Å². The van der Waals surface area contributed by atoms with Gasteiger partial charge in [-0.15, -0.1) is 11.3 Å². The van der Waals surface area contributed by atoms with Gasteiger partial charge in [0.2, 0.25) is 5.91 Å². The number of hydrogen-bond donors (Lipinski definition) is 2. The summed E-state index contributed by atoms with van der Waals surface area (Å²) >= 11 is 1.77. The van der Waals surface area contributed by atoms with E-state index in [4.69, 9.17) is 0 Å². The number of carbonyl (C=O) groups excluding carboxylic acids is 1. The first-order valence-corrected chi connectivity index (χ1v) is 7.98. The lowest BCUT2D eigenvalue weighted by Crippen LogP contribution is -2.35. The van der Waals surface area contributed by atoms with Gasteiger partial charge < -0.3 is 10.6 Å². The molecule has 2 unspecified atom stereocenters. The Bertz CT molecular complexity index is 362. The molecule has 0 bridgehead atoms. The molecule has 0 aromatic carbocycles. The summed E-state index contributed by atoms with van der Waals surface area (Å²) < 4.78 is 0. The van der Waals surface area contributed by atoms with Gasteiger partial charge in [0, 0.05) is 29.9 Å². The lowest BCUT2D eigenvalue weighted by Gasteiger charge is -2.21. The molecule has 1 heterocycles. The maximum Gasteiger partial charge on any atom is 0.221 e. The second-order valence-electron chi connectivity index (χ2n) is 5.32. The molecule has 108 valence electrons. The molecule has 1 aromatic heterocycles. The number of hydrogen-bond acceptors (Lipinski definition) is 3. The van der Waals surface area contributed by atoms with Crippen molar-refractivity contribution >= 4 is 17.2 Å². The Hall–Kier alpha value is -0.870. The lowest BCUT2D eigenvalue weighted by atomic mass is 10.0. The van der Waals surface area contributed by atoms with Crippen molar-refractivity contribution in [2.75, 3.05) is 6.54 Å². The van der Waals surface area contributed by atoms with Gasteiger partial charge in [0.05, 0.1) is 0 Å². The Labute approximate surface area is 120 Å². The van der Waals surface area contributed by atoms with E-state index in [1.807, 2.05) is 6.92 Å². The van der Waals surface area contributed by atoms with Crippen LogP contribution in [0.15, 0.2) is 17.5 Å². The van der Waals surface area contributed by atoms with Crippen molar-refractivity contribution in [3.8, 4) is 0 Å². The molecular formula is C15H26N2OS. The second-order valence-corrected chi connectivity index (χ2v) is 6.30. The lowest BCUT2D eigenvalue weighted by molar-refractivity contribution is -0.121. The summed E-state index contributed by atoms with van der Waals surface area (Å²) in [6.45, 7) is 9.25. The van der Waals surface area contributed by atoms with Crippen LogP contribution in [0, 0.1) is 5.92 Å². The quantitative estimate of drug-likeness (QED) is 0.768. The summed E-state index contributed by atoms with van der Waals surface area (Å²) in [5, 5.41) is 8.58. The van der Waals surface area contributed by atoms with Gasteiger partial charge >= 0.3 is 0 Å². The van der Waals surface area contributed by atoms with Crippen LogP contribution in [-0.2, 0) is 4.79 Å². The van der Waals surface area contributed by atoms with Gasteiger partial charge in [-0.25, -0.2) is 0 Å². The molecule has 0 aliphatic rings. The molecule has 2 atom stereocenters. The van der Waals surface area contributed by atoms with Crippen LogP contribution < -0.4 is 10.6 Å². The highest BCUT2D eigenvalue weighted by Crippen LogP contribution is 2.25. The average molecular weight is 282 g/mol. The summed E-state index contributed by atoms with van der Waals surface area (Å²) in [5.74, 6) is 0.659. The zero-order chi connectivity index (χ0) is 14.3. The van der Waals surface area contributed by atoms with Crippen LogP contribution in [0.5, 0.6) is 0 Å². The maximum absolute atomic E-state index is 11.7. The Morgan fingerprint density at radius 2 is 2.11 bits per heavy atom. The maximum atomic E-state index is 11.7. The van der Waals surface area contributed by atoms with Crippen molar-refractivity contribution in [3.63, 3.8) is 0 Å². The number of amides is 1. The molecule has 0 radical (unpaired) electrons. The van der Waals surface area contributed by atoms with Crippen LogP contribution in [0.2, 0.25) is 0 Å². The number of rotatable bonds is 8. The minimum atomic E-state index is 0.135. The third-order valence-corrected chi connectivity index (χ3v) is 4.21. The summed E-state index contributed by atoms with van der Waals surface area (Å²) in [7, 11) is 0. The van der Waals surface area contributed by atoms with Gasteiger partial charge in [0.25, 0.3) is 0 Å². The minimum Gasteiger partial charge on any atom is -0.354 e. The molecule has 0 saturated carbocycles. The van der Waals surface area contributed by atoms with E-state index < -0.39 is 0 Å². The predicted octanol–water partition coefficient (Wildman–Crippen LogP) is 3.34. The molecule has 1 aromatic rings. The van der Waals surface area contributed by atoms with E-state index in [1.165, 1.54) is 4.88 Å². The van der Waals surface area contributed by atoms with Crippen LogP contribution in [0.1, 0.15) is 51.5 Å². The zero-order valence-corrected chi connectivity index (χ0v) is 13.2. The first kappa shape index (κ1) is 16.2. The normalized spacial score (nSPS) is 14.4. The van der Waals surface area contributed by atoms with E-state index in [0.717, 1.165) is 13.0 Å². The number of thiophene rings is 1. The van der Waals surface area contributed by atoms with Gasteiger partial charge in [-0.2, -0.15) is 0 Å². The second kappa shape index (κ2) is 8.33. The van der Waals surface area contributed by atoms with E-state index in [2.05, 4.69) is 48.9 Å². The SMILES string of the molecule is CCC(C)NC(=O)CCNC(c1cccs1)C(C)C. The van der Waals surface area contributed by atoms with Crippen LogP contribution in [-0.4, -0.2) is 18.5 Å². The standard InChI is InChI=1S/C15H26N2OS/c1-5-12(4)17-14(18)8-9-16-15(11(2)3)13-7-6-10-19-13/h6-7,10-12,15-16H,5,8-9H2,1-4H3,(H,17,18). The van der Waals surface area contributed by atoms with Crippen molar-refractivity contribution in [2.45, 2.75) is 52.6 Å². The highest BCUT2D eigenvalue weighted by atomic mass is 32.1. The van der Waals surface area contributed by atoms with Gasteiger partial charge in [0.15, 0.2) is 0 Å². The first-order valence-electron chi connectivity index (χ1n) is 7.10. The van der Waals surface area contributed by atoms with Crippen LogP contribution in [0.4, 0.5) is 0 Å². The van der Waals surface area contributed by atoms with E-state index >= 15 is 0 Å². The fourth-order valence-electron chi connectivity index (χ4n) is 1.92. The topological polar surface area (TPSA) is 41.1 Å².